The summed E-state index contributed by atoms with van der Waals surface area (Å²) in [5, 5.41) is 4.19. The zero-order valence-corrected chi connectivity index (χ0v) is 9.27. The van der Waals surface area contributed by atoms with Crippen molar-refractivity contribution in [2.75, 3.05) is 0 Å². The predicted octanol–water partition coefficient (Wildman–Crippen LogP) is 0.530. The molecule has 0 saturated heterocycles. The summed E-state index contributed by atoms with van der Waals surface area (Å²) >= 11 is 1.34. The smallest absolute Gasteiger partial charge is 0.271 e. The van der Waals surface area contributed by atoms with E-state index in [9.17, 15) is 9.59 Å². The highest BCUT2D eigenvalue weighted by molar-refractivity contribution is 7.20. The van der Waals surface area contributed by atoms with E-state index in [1.54, 1.807) is 0 Å². The van der Waals surface area contributed by atoms with Gasteiger partial charge in [0.1, 0.15) is 6.20 Å². The van der Waals surface area contributed by atoms with Gasteiger partial charge in [0, 0.05) is 0 Å². The molecule has 0 fully saturated rings. The largest absolute Gasteiger partial charge is 0.351 e. The van der Waals surface area contributed by atoms with Crippen molar-refractivity contribution in [1.29, 1.82) is 0 Å². The summed E-state index contributed by atoms with van der Waals surface area (Å²) in [5.74, 6) is 0. The molecule has 0 aliphatic rings. The molecule has 84 valence electrons. The second-order valence-corrected chi connectivity index (χ2v) is 4.32. The van der Waals surface area contributed by atoms with Crippen LogP contribution >= 0.6 is 11.3 Å². The summed E-state index contributed by atoms with van der Waals surface area (Å²) in [4.78, 5) is 28.8. The minimum Gasteiger partial charge on any atom is -0.271 e. The number of thiazole rings is 1. The number of para-hydroxylation sites is 1. The summed E-state index contributed by atoms with van der Waals surface area (Å²) in [6.07, 6.45) is 1.05. The maximum atomic E-state index is 11.5. The summed E-state index contributed by atoms with van der Waals surface area (Å²) in [5.41, 5.74) is -0.309. The third kappa shape index (κ3) is 1.66. The third-order valence-corrected chi connectivity index (χ3v) is 3.19. The molecule has 0 unspecified atom stereocenters. The van der Waals surface area contributed by atoms with E-state index in [0.29, 0.717) is 5.13 Å². The van der Waals surface area contributed by atoms with Gasteiger partial charge in [0.15, 0.2) is 0 Å². The van der Waals surface area contributed by atoms with Crippen LogP contribution in [0, 0.1) is 0 Å². The van der Waals surface area contributed by atoms with E-state index in [4.69, 9.17) is 0 Å². The molecular formula is C10H6N4O2S. The summed E-state index contributed by atoms with van der Waals surface area (Å²) in [6, 6.07) is 7.53. The first kappa shape index (κ1) is 9.91. The number of hydrogen-bond donors (Lipinski definition) is 1. The van der Waals surface area contributed by atoms with Crippen molar-refractivity contribution in [3.63, 3.8) is 0 Å². The SMILES string of the molecule is O=c1cnn(-c2nc3ccccc3s2)c(=O)[nH]1. The lowest BCUT2D eigenvalue weighted by Gasteiger charge is -1.95. The number of aromatic amines is 1. The van der Waals surface area contributed by atoms with E-state index >= 15 is 0 Å². The van der Waals surface area contributed by atoms with Gasteiger partial charge in [-0.25, -0.2) is 9.78 Å². The first-order chi connectivity index (χ1) is 8.24. The van der Waals surface area contributed by atoms with Crippen LogP contribution in [0.25, 0.3) is 15.3 Å². The van der Waals surface area contributed by atoms with E-state index in [2.05, 4.69) is 15.1 Å². The minimum absolute atomic E-state index is 0.437. The molecule has 0 bridgehead atoms. The van der Waals surface area contributed by atoms with Crippen LogP contribution in [0.4, 0.5) is 0 Å². The molecular weight excluding hydrogens is 240 g/mol. The fraction of sp³-hybridized carbons (Fsp3) is 0. The lowest BCUT2D eigenvalue weighted by molar-refractivity contribution is 0.746. The number of benzene rings is 1. The monoisotopic (exact) mass is 246 g/mol. The van der Waals surface area contributed by atoms with E-state index in [1.807, 2.05) is 24.3 Å². The van der Waals surface area contributed by atoms with Crippen LogP contribution in [0.3, 0.4) is 0 Å². The molecule has 2 aromatic heterocycles. The van der Waals surface area contributed by atoms with Crippen molar-refractivity contribution in [1.82, 2.24) is 19.7 Å². The number of fused-ring (bicyclic) bond motifs is 1. The van der Waals surface area contributed by atoms with Gasteiger partial charge >= 0.3 is 5.69 Å². The molecule has 6 nitrogen and oxygen atoms in total. The number of aromatic nitrogens is 4. The van der Waals surface area contributed by atoms with Gasteiger partial charge in [0.05, 0.1) is 10.2 Å². The van der Waals surface area contributed by atoms with Crippen molar-refractivity contribution >= 4 is 21.6 Å². The molecule has 0 spiro atoms. The lowest BCUT2D eigenvalue weighted by Crippen LogP contribution is -2.30. The van der Waals surface area contributed by atoms with E-state index in [1.165, 1.54) is 11.3 Å². The molecule has 1 aromatic carbocycles. The average molecular weight is 246 g/mol. The van der Waals surface area contributed by atoms with Gasteiger partial charge in [-0.3, -0.25) is 9.78 Å². The van der Waals surface area contributed by atoms with Crippen LogP contribution in [0.15, 0.2) is 40.1 Å². The molecule has 2 heterocycles. The third-order valence-electron chi connectivity index (χ3n) is 2.18. The Morgan fingerprint density at radius 3 is 2.82 bits per heavy atom. The normalized spacial score (nSPS) is 10.8. The second kappa shape index (κ2) is 3.63. The molecule has 17 heavy (non-hydrogen) atoms. The van der Waals surface area contributed by atoms with Crippen molar-refractivity contribution in [2.45, 2.75) is 0 Å². The summed E-state index contributed by atoms with van der Waals surface area (Å²) in [6.45, 7) is 0. The molecule has 7 heteroatoms. The quantitative estimate of drug-likeness (QED) is 0.679. The number of hydrogen-bond acceptors (Lipinski definition) is 5. The highest BCUT2D eigenvalue weighted by Gasteiger charge is 2.07. The maximum absolute atomic E-state index is 11.5. The molecule has 0 saturated carbocycles. The number of H-pyrrole nitrogens is 1. The summed E-state index contributed by atoms with van der Waals surface area (Å²) in [7, 11) is 0. The maximum Gasteiger partial charge on any atom is 0.351 e. The molecule has 0 atom stereocenters. The molecule has 3 rings (SSSR count). The minimum atomic E-state index is -0.587. The van der Waals surface area contributed by atoms with Crippen molar-refractivity contribution in [2.24, 2.45) is 0 Å². The fourth-order valence-electron chi connectivity index (χ4n) is 1.44. The van der Waals surface area contributed by atoms with Crippen LogP contribution in [0.2, 0.25) is 0 Å². The van der Waals surface area contributed by atoms with Gasteiger partial charge in [0.25, 0.3) is 5.56 Å². The standard InChI is InChI=1S/C10H6N4O2S/c15-8-5-11-14(9(16)13-8)10-12-6-3-1-2-4-7(6)17-10/h1-5H,(H,13,15,16). The summed E-state index contributed by atoms with van der Waals surface area (Å²) < 4.78 is 2.04. The Labute approximate surface area is 98.2 Å². The van der Waals surface area contributed by atoms with Gasteiger partial charge in [-0.05, 0) is 12.1 Å². The molecule has 0 amide bonds. The predicted molar refractivity (Wildman–Crippen MR) is 63.6 cm³/mol. The van der Waals surface area contributed by atoms with Gasteiger partial charge in [-0.15, -0.1) is 0 Å². The van der Waals surface area contributed by atoms with Gasteiger partial charge in [0.2, 0.25) is 5.13 Å². The number of nitrogens with one attached hydrogen (secondary N) is 1. The topological polar surface area (TPSA) is 80.6 Å². The molecule has 3 aromatic rings. The number of nitrogens with zero attached hydrogens (tertiary/aromatic N) is 3. The highest BCUT2D eigenvalue weighted by atomic mass is 32.1. The van der Waals surface area contributed by atoms with Crippen LogP contribution in [-0.4, -0.2) is 19.7 Å². The Bertz CT molecular complexity index is 768. The van der Waals surface area contributed by atoms with Crippen LogP contribution < -0.4 is 11.2 Å². The lowest BCUT2D eigenvalue weighted by atomic mass is 10.3. The van der Waals surface area contributed by atoms with E-state index in [-0.39, 0.29) is 0 Å². The first-order valence-electron chi connectivity index (χ1n) is 4.79. The van der Waals surface area contributed by atoms with Gasteiger partial charge in [-0.2, -0.15) is 9.78 Å². The van der Waals surface area contributed by atoms with Crippen LogP contribution in [0.5, 0.6) is 0 Å². The zero-order chi connectivity index (χ0) is 11.8. The molecule has 1 N–H and O–H groups in total. The van der Waals surface area contributed by atoms with Crippen LogP contribution in [0.1, 0.15) is 0 Å². The molecule has 0 aliphatic carbocycles. The zero-order valence-electron chi connectivity index (χ0n) is 8.45. The Hall–Kier alpha value is -2.28. The Morgan fingerprint density at radius 2 is 2.06 bits per heavy atom. The Kier molecular flexibility index (Phi) is 2.12. The van der Waals surface area contributed by atoms with Gasteiger partial charge in [-0.1, -0.05) is 23.5 Å². The Balaban J connectivity index is 2.27. The van der Waals surface area contributed by atoms with Crippen molar-refractivity contribution in [3.8, 4) is 5.13 Å². The first-order valence-corrected chi connectivity index (χ1v) is 5.60. The van der Waals surface area contributed by atoms with E-state index < -0.39 is 11.2 Å². The highest BCUT2D eigenvalue weighted by Crippen LogP contribution is 2.22. The average Bonchev–Trinajstić information content (AvgIpc) is 2.72. The van der Waals surface area contributed by atoms with Crippen molar-refractivity contribution < 1.29 is 0 Å². The van der Waals surface area contributed by atoms with Gasteiger partial charge < -0.3 is 0 Å². The molecule has 0 aliphatic heterocycles. The second-order valence-electron chi connectivity index (χ2n) is 3.31. The number of rotatable bonds is 1. The fourth-order valence-corrected chi connectivity index (χ4v) is 2.36. The van der Waals surface area contributed by atoms with E-state index in [0.717, 1.165) is 21.1 Å². The Morgan fingerprint density at radius 1 is 1.24 bits per heavy atom. The van der Waals surface area contributed by atoms with Crippen molar-refractivity contribution in [3.05, 3.63) is 51.3 Å². The van der Waals surface area contributed by atoms with Crippen LogP contribution in [-0.2, 0) is 0 Å². The molecule has 0 radical (unpaired) electrons.